The second kappa shape index (κ2) is 5.77. The van der Waals surface area contributed by atoms with Crippen LogP contribution in [0, 0.1) is 0 Å². The Morgan fingerprint density at radius 2 is 2.05 bits per heavy atom. The molecule has 0 aliphatic carbocycles. The van der Waals surface area contributed by atoms with E-state index in [4.69, 9.17) is 22.4 Å². The molecule has 1 atom stereocenters. The highest BCUT2D eigenvalue weighted by atomic mass is 32.1. The number of benzene rings is 1. The summed E-state index contributed by atoms with van der Waals surface area (Å²) in [6.07, 6.45) is -2.97. The van der Waals surface area contributed by atoms with Crippen molar-refractivity contribution in [2.24, 2.45) is 5.73 Å². The van der Waals surface area contributed by atoms with Crippen molar-refractivity contribution in [2.45, 2.75) is 19.1 Å². The summed E-state index contributed by atoms with van der Waals surface area (Å²) in [5.41, 5.74) is 4.83. The highest BCUT2D eigenvalue weighted by molar-refractivity contribution is 7.80. The van der Waals surface area contributed by atoms with Gasteiger partial charge < -0.3 is 15.5 Å². The first-order valence-electron chi connectivity index (χ1n) is 6.10. The number of nitrogens with one attached hydrogen (secondary N) is 1. The van der Waals surface area contributed by atoms with E-state index in [0.29, 0.717) is 11.4 Å². The Bertz CT molecular complexity index is 638. The van der Waals surface area contributed by atoms with E-state index in [2.05, 4.69) is 5.32 Å². The summed E-state index contributed by atoms with van der Waals surface area (Å²) in [5, 5.41) is 3.04. The Labute approximate surface area is 124 Å². The smallest absolute Gasteiger partial charge is 0.417 e. The molecule has 21 heavy (non-hydrogen) atoms. The molecule has 0 saturated carbocycles. The minimum Gasteiger partial charge on any atom is -0.467 e. The summed E-state index contributed by atoms with van der Waals surface area (Å²) >= 11 is 4.70. The lowest BCUT2D eigenvalue weighted by atomic mass is 10.1. The number of thiocarbonyl (C=S) groups is 1. The highest BCUT2D eigenvalue weighted by Gasteiger charge is 2.34. The molecule has 0 saturated heterocycles. The Hall–Kier alpha value is -2.02. The van der Waals surface area contributed by atoms with Crippen molar-refractivity contribution in [1.82, 2.24) is 0 Å². The number of halogens is 3. The lowest BCUT2D eigenvalue weighted by Gasteiger charge is -2.17. The minimum absolute atomic E-state index is 0.198. The number of nitrogens with two attached hydrogens (primary N) is 1. The van der Waals surface area contributed by atoms with Crippen LogP contribution in [0.2, 0.25) is 0 Å². The largest absolute Gasteiger partial charge is 0.467 e. The first-order valence-corrected chi connectivity index (χ1v) is 6.51. The fourth-order valence-electron chi connectivity index (χ4n) is 1.94. The Morgan fingerprint density at radius 3 is 2.57 bits per heavy atom. The third kappa shape index (κ3) is 3.55. The average Bonchev–Trinajstić information content (AvgIpc) is 2.91. The van der Waals surface area contributed by atoms with E-state index < -0.39 is 11.7 Å². The number of hydrogen-bond acceptors (Lipinski definition) is 3. The fourth-order valence-corrected chi connectivity index (χ4v) is 2.11. The summed E-state index contributed by atoms with van der Waals surface area (Å²) in [5.74, 6) is 0.673. The van der Waals surface area contributed by atoms with Crippen LogP contribution in [-0.2, 0) is 6.18 Å². The molecule has 7 heteroatoms. The van der Waals surface area contributed by atoms with Crippen LogP contribution in [-0.4, -0.2) is 4.99 Å². The Balaban J connectivity index is 2.30. The monoisotopic (exact) mass is 314 g/mol. The van der Waals surface area contributed by atoms with E-state index >= 15 is 0 Å². The van der Waals surface area contributed by atoms with Crippen molar-refractivity contribution in [1.29, 1.82) is 0 Å². The highest BCUT2D eigenvalue weighted by Crippen LogP contribution is 2.34. The van der Waals surface area contributed by atoms with Gasteiger partial charge in [-0.3, -0.25) is 0 Å². The van der Waals surface area contributed by atoms with Gasteiger partial charge in [0.15, 0.2) is 0 Å². The lowest BCUT2D eigenvalue weighted by molar-refractivity contribution is -0.137. The predicted octanol–water partition coefficient (Wildman–Crippen LogP) is 4.11. The number of alkyl halides is 3. The molecule has 0 fully saturated rings. The van der Waals surface area contributed by atoms with E-state index in [0.717, 1.165) is 6.07 Å². The Morgan fingerprint density at radius 1 is 1.33 bits per heavy atom. The van der Waals surface area contributed by atoms with E-state index in [-0.39, 0.29) is 16.6 Å². The van der Waals surface area contributed by atoms with Crippen LogP contribution in [0.4, 0.5) is 18.9 Å². The molecule has 0 aliphatic heterocycles. The van der Waals surface area contributed by atoms with E-state index in [1.54, 1.807) is 12.1 Å². The molecular weight excluding hydrogens is 301 g/mol. The second-order valence-electron chi connectivity index (χ2n) is 4.50. The predicted molar refractivity (Wildman–Crippen MR) is 78.1 cm³/mol. The summed E-state index contributed by atoms with van der Waals surface area (Å²) in [6.45, 7) is 1.83. The van der Waals surface area contributed by atoms with Gasteiger partial charge in [0.1, 0.15) is 10.7 Å². The molecular formula is C14H13F3N2OS. The van der Waals surface area contributed by atoms with Crippen LogP contribution in [0.3, 0.4) is 0 Å². The summed E-state index contributed by atoms with van der Waals surface area (Å²) in [6, 6.07) is 6.91. The van der Waals surface area contributed by atoms with Crippen LogP contribution in [0.15, 0.2) is 41.0 Å². The number of anilines is 1. The van der Waals surface area contributed by atoms with Crippen molar-refractivity contribution in [3.8, 4) is 0 Å². The second-order valence-corrected chi connectivity index (χ2v) is 4.94. The van der Waals surface area contributed by atoms with Crippen molar-refractivity contribution in [3.63, 3.8) is 0 Å². The van der Waals surface area contributed by atoms with Gasteiger partial charge in [0.2, 0.25) is 0 Å². The zero-order valence-electron chi connectivity index (χ0n) is 11.1. The quantitative estimate of drug-likeness (QED) is 0.834. The van der Waals surface area contributed by atoms with Crippen molar-refractivity contribution >= 4 is 22.9 Å². The van der Waals surface area contributed by atoms with Gasteiger partial charge in [0.05, 0.1) is 17.9 Å². The molecule has 3 N–H and O–H groups in total. The molecule has 1 aromatic heterocycles. The molecule has 0 radical (unpaired) electrons. The molecule has 2 rings (SSSR count). The third-order valence-corrected chi connectivity index (χ3v) is 3.16. The lowest BCUT2D eigenvalue weighted by Crippen LogP contribution is -2.18. The third-order valence-electron chi connectivity index (χ3n) is 2.94. The first kappa shape index (κ1) is 15.4. The van der Waals surface area contributed by atoms with Crippen LogP contribution < -0.4 is 11.1 Å². The van der Waals surface area contributed by atoms with Gasteiger partial charge in [0, 0.05) is 11.3 Å². The number of furan rings is 1. The maximum atomic E-state index is 12.9. The summed E-state index contributed by atoms with van der Waals surface area (Å²) in [7, 11) is 0. The molecule has 0 aliphatic rings. The molecule has 0 bridgehead atoms. The summed E-state index contributed by atoms with van der Waals surface area (Å²) in [4.78, 5) is -0.295. The van der Waals surface area contributed by atoms with Crippen LogP contribution in [0.25, 0.3) is 0 Å². The SMILES string of the molecule is CC(Nc1ccc(C(F)(F)F)c(C(N)=S)c1)c1ccco1. The maximum absolute atomic E-state index is 12.9. The first-order chi connectivity index (χ1) is 9.79. The van der Waals surface area contributed by atoms with Gasteiger partial charge in [-0.2, -0.15) is 13.2 Å². The number of rotatable bonds is 4. The van der Waals surface area contributed by atoms with Gasteiger partial charge >= 0.3 is 6.18 Å². The fraction of sp³-hybridized carbons (Fsp3) is 0.214. The zero-order valence-corrected chi connectivity index (χ0v) is 11.9. The molecule has 1 unspecified atom stereocenters. The standard InChI is InChI=1S/C14H13F3N2OS/c1-8(12-3-2-6-20-12)19-9-4-5-11(14(15,16)17)10(7-9)13(18)21/h2-8,19H,1H3,(H2,18,21). The molecule has 1 heterocycles. The van der Waals surface area contributed by atoms with Crippen molar-refractivity contribution < 1.29 is 17.6 Å². The van der Waals surface area contributed by atoms with Gasteiger partial charge in [0.25, 0.3) is 0 Å². The van der Waals surface area contributed by atoms with Crippen LogP contribution in [0.1, 0.15) is 29.9 Å². The van der Waals surface area contributed by atoms with Crippen LogP contribution >= 0.6 is 12.2 Å². The van der Waals surface area contributed by atoms with Crippen molar-refractivity contribution in [2.75, 3.05) is 5.32 Å². The van der Waals surface area contributed by atoms with Gasteiger partial charge in [-0.15, -0.1) is 0 Å². The number of hydrogen-bond donors (Lipinski definition) is 2. The molecule has 0 spiro atoms. The molecule has 112 valence electrons. The average molecular weight is 314 g/mol. The maximum Gasteiger partial charge on any atom is 0.417 e. The summed E-state index contributed by atoms with van der Waals surface area (Å²) < 4.78 is 43.9. The van der Waals surface area contributed by atoms with Gasteiger partial charge in [-0.25, -0.2) is 0 Å². The van der Waals surface area contributed by atoms with E-state index in [9.17, 15) is 13.2 Å². The molecule has 1 aromatic carbocycles. The van der Waals surface area contributed by atoms with Gasteiger partial charge in [-0.1, -0.05) is 12.2 Å². The minimum atomic E-state index is -4.50. The Kier molecular flexibility index (Phi) is 4.22. The van der Waals surface area contributed by atoms with E-state index in [1.807, 2.05) is 6.92 Å². The van der Waals surface area contributed by atoms with Crippen molar-refractivity contribution in [3.05, 3.63) is 53.5 Å². The molecule has 3 nitrogen and oxygen atoms in total. The van der Waals surface area contributed by atoms with Gasteiger partial charge in [-0.05, 0) is 37.3 Å². The zero-order chi connectivity index (χ0) is 15.6. The molecule has 0 amide bonds. The normalized spacial score (nSPS) is 13.0. The molecule has 2 aromatic rings. The van der Waals surface area contributed by atoms with Crippen LogP contribution in [0.5, 0.6) is 0 Å². The topological polar surface area (TPSA) is 51.2 Å². The van der Waals surface area contributed by atoms with E-state index in [1.165, 1.54) is 18.4 Å².